The van der Waals surface area contributed by atoms with Crippen molar-refractivity contribution >= 4 is 11.8 Å². The van der Waals surface area contributed by atoms with Crippen LogP contribution in [0.15, 0.2) is 71.8 Å². The Hall–Kier alpha value is -3.08. The van der Waals surface area contributed by atoms with Gasteiger partial charge in [-0.25, -0.2) is 4.98 Å². The SMILES string of the molecule is N#CCCSc1nc(-c2ccccc2)cc(-c2ccccc2)c1C#N. The van der Waals surface area contributed by atoms with Gasteiger partial charge in [-0.3, -0.25) is 0 Å². The first-order chi connectivity index (χ1) is 12.3. The van der Waals surface area contributed by atoms with E-state index in [1.807, 2.05) is 66.7 Å². The lowest BCUT2D eigenvalue weighted by molar-refractivity contribution is 1.11. The molecule has 120 valence electrons. The molecule has 0 aliphatic rings. The van der Waals surface area contributed by atoms with Crippen LogP contribution in [0.3, 0.4) is 0 Å². The molecule has 0 bridgehead atoms. The van der Waals surface area contributed by atoms with Crippen molar-refractivity contribution in [3.63, 3.8) is 0 Å². The number of rotatable bonds is 5. The van der Waals surface area contributed by atoms with Crippen LogP contribution in [0.5, 0.6) is 0 Å². The molecule has 3 rings (SSSR count). The summed E-state index contributed by atoms with van der Waals surface area (Å²) in [4.78, 5) is 4.70. The van der Waals surface area contributed by atoms with Gasteiger partial charge in [0.1, 0.15) is 11.1 Å². The van der Waals surface area contributed by atoms with Gasteiger partial charge >= 0.3 is 0 Å². The lowest BCUT2D eigenvalue weighted by Crippen LogP contribution is -1.96. The number of aromatic nitrogens is 1. The minimum Gasteiger partial charge on any atom is -0.240 e. The molecule has 0 amide bonds. The molecular formula is C21H15N3S. The molecule has 0 aliphatic heterocycles. The molecule has 3 nitrogen and oxygen atoms in total. The fraction of sp³-hybridized carbons (Fsp3) is 0.0952. The van der Waals surface area contributed by atoms with Gasteiger partial charge in [0.2, 0.25) is 0 Å². The number of benzene rings is 2. The van der Waals surface area contributed by atoms with E-state index in [0.29, 0.717) is 22.8 Å². The zero-order valence-electron chi connectivity index (χ0n) is 13.5. The molecule has 0 saturated heterocycles. The Morgan fingerprint density at radius 2 is 1.52 bits per heavy atom. The first-order valence-corrected chi connectivity index (χ1v) is 8.88. The van der Waals surface area contributed by atoms with E-state index in [-0.39, 0.29) is 0 Å². The largest absolute Gasteiger partial charge is 0.240 e. The summed E-state index contributed by atoms with van der Waals surface area (Å²) in [5.74, 6) is 0.616. The first kappa shape index (κ1) is 16.8. The molecule has 0 N–H and O–H groups in total. The topological polar surface area (TPSA) is 60.5 Å². The summed E-state index contributed by atoms with van der Waals surface area (Å²) < 4.78 is 0. The Labute approximate surface area is 151 Å². The fourth-order valence-electron chi connectivity index (χ4n) is 2.53. The van der Waals surface area contributed by atoms with Crippen molar-refractivity contribution < 1.29 is 0 Å². The zero-order chi connectivity index (χ0) is 17.5. The molecule has 0 atom stereocenters. The van der Waals surface area contributed by atoms with Gasteiger partial charge < -0.3 is 0 Å². The second-order valence-corrected chi connectivity index (χ2v) is 6.42. The van der Waals surface area contributed by atoms with Crippen molar-refractivity contribution in [2.45, 2.75) is 11.4 Å². The molecule has 0 radical (unpaired) electrons. The normalized spacial score (nSPS) is 10.0. The van der Waals surface area contributed by atoms with E-state index in [4.69, 9.17) is 10.2 Å². The number of nitrogens with zero attached hydrogens (tertiary/aromatic N) is 3. The summed E-state index contributed by atoms with van der Waals surface area (Å²) >= 11 is 1.46. The van der Waals surface area contributed by atoms with Gasteiger partial charge in [0, 0.05) is 23.3 Å². The average Bonchev–Trinajstić information content (AvgIpc) is 2.69. The van der Waals surface area contributed by atoms with E-state index < -0.39 is 0 Å². The lowest BCUT2D eigenvalue weighted by Gasteiger charge is -2.12. The van der Waals surface area contributed by atoms with Crippen molar-refractivity contribution in [1.29, 1.82) is 10.5 Å². The van der Waals surface area contributed by atoms with Crippen molar-refractivity contribution in [1.82, 2.24) is 4.98 Å². The van der Waals surface area contributed by atoms with Crippen LogP contribution in [0.1, 0.15) is 12.0 Å². The summed E-state index contributed by atoms with van der Waals surface area (Å²) in [6, 6.07) is 26.2. The molecular weight excluding hydrogens is 326 g/mol. The third-order valence-electron chi connectivity index (χ3n) is 3.71. The third-order valence-corrected chi connectivity index (χ3v) is 4.68. The Morgan fingerprint density at radius 1 is 0.880 bits per heavy atom. The lowest BCUT2D eigenvalue weighted by atomic mass is 9.99. The second kappa shape index (κ2) is 8.15. The average molecular weight is 341 g/mol. The highest BCUT2D eigenvalue weighted by molar-refractivity contribution is 7.99. The van der Waals surface area contributed by atoms with E-state index >= 15 is 0 Å². The monoisotopic (exact) mass is 341 g/mol. The number of nitriles is 2. The highest BCUT2D eigenvalue weighted by Crippen LogP contribution is 2.34. The Morgan fingerprint density at radius 3 is 2.12 bits per heavy atom. The molecule has 0 saturated carbocycles. The van der Waals surface area contributed by atoms with Gasteiger partial charge in [-0.15, -0.1) is 11.8 Å². The smallest absolute Gasteiger partial charge is 0.115 e. The van der Waals surface area contributed by atoms with Gasteiger partial charge in [-0.05, 0) is 11.6 Å². The summed E-state index contributed by atoms with van der Waals surface area (Å²) in [5, 5.41) is 19.2. The molecule has 0 spiro atoms. The summed E-state index contributed by atoms with van der Waals surface area (Å²) in [6.07, 6.45) is 0.424. The van der Waals surface area contributed by atoms with E-state index in [1.54, 1.807) is 0 Å². The fourth-order valence-corrected chi connectivity index (χ4v) is 3.38. The highest BCUT2D eigenvalue weighted by atomic mass is 32.2. The van der Waals surface area contributed by atoms with Crippen molar-refractivity contribution in [2.24, 2.45) is 0 Å². The van der Waals surface area contributed by atoms with Crippen LogP contribution in [0.25, 0.3) is 22.4 Å². The standard InChI is InChI=1S/C21H15N3S/c22-12-7-13-25-21-19(15-23)18(16-8-3-1-4-9-16)14-20(24-21)17-10-5-2-6-11-17/h1-6,8-11,14H,7,13H2. The van der Waals surface area contributed by atoms with Gasteiger partial charge in [0.25, 0.3) is 0 Å². The zero-order valence-corrected chi connectivity index (χ0v) is 14.3. The van der Waals surface area contributed by atoms with Gasteiger partial charge in [0.05, 0.1) is 17.3 Å². The third kappa shape index (κ3) is 3.88. The van der Waals surface area contributed by atoms with E-state index in [1.165, 1.54) is 11.8 Å². The Kier molecular flexibility index (Phi) is 5.46. The minimum atomic E-state index is 0.424. The van der Waals surface area contributed by atoms with Gasteiger partial charge in [-0.2, -0.15) is 10.5 Å². The van der Waals surface area contributed by atoms with Gasteiger partial charge in [0.15, 0.2) is 0 Å². The van der Waals surface area contributed by atoms with Gasteiger partial charge in [-0.1, -0.05) is 60.7 Å². The molecule has 0 fully saturated rings. The number of hydrogen-bond acceptors (Lipinski definition) is 4. The quantitative estimate of drug-likeness (QED) is 0.467. The van der Waals surface area contributed by atoms with Crippen LogP contribution in [0.4, 0.5) is 0 Å². The molecule has 0 aliphatic carbocycles. The molecule has 0 unspecified atom stereocenters. The molecule has 1 aromatic heterocycles. The maximum atomic E-state index is 9.71. The Bertz CT molecular complexity index is 939. The number of thioether (sulfide) groups is 1. The maximum absolute atomic E-state index is 9.71. The molecule has 4 heteroatoms. The molecule has 25 heavy (non-hydrogen) atoms. The van der Waals surface area contributed by atoms with Crippen LogP contribution in [0, 0.1) is 22.7 Å². The van der Waals surface area contributed by atoms with E-state index in [2.05, 4.69) is 12.1 Å². The van der Waals surface area contributed by atoms with Crippen LogP contribution in [-0.2, 0) is 0 Å². The molecule has 2 aromatic carbocycles. The number of pyridine rings is 1. The predicted molar refractivity (Wildman–Crippen MR) is 101 cm³/mol. The van der Waals surface area contributed by atoms with Crippen LogP contribution < -0.4 is 0 Å². The second-order valence-electron chi connectivity index (χ2n) is 5.34. The predicted octanol–water partition coefficient (Wildman–Crippen LogP) is 5.29. The van der Waals surface area contributed by atoms with Crippen molar-refractivity contribution in [3.8, 4) is 34.5 Å². The summed E-state index contributed by atoms with van der Waals surface area (Å²) in [7, 11) is 0. The van der Waals surface area contributed by atoms with E-state index in [0.717, 1.165) is 22.4 Å². The maximum Gasteiger partial charge on any atom is 0.115 e. The van der Waals surface area contributed by atoms with Crippen molar-refractivity contribution in [2.75, 3.05) is 5.75 Å². The number of hydrogen-bond donors (Lipinski definition) is 0. The molecule has 1 heterocycles. The molecule has 3 aromatic rings. The van der Waals surface area contributed by atoms with Crippen LogP contribution >= 0.6 is 11.8 Å². The first-order valence-electron chi connectivity index (χ1n) is 7.89. The summed E-state index contributed by atoms with van der Waals surface area (Å²) in [6.45, 7) is 0. The Balaban J connectivity index is 2.17. The van der Waals surface area contributed by atoms with E-state index in [9.17, 15) is 5.26 Å². The van der Waals surface area contributed by atoms with Crippen LogP contribution in [0.2, 0.25) is 0 Å². The minimum absolute atomic E-state index is 0.424. The van der Waals surface area contributed by atoms with Crippen molar-refractivity contribution in [3.05, 3.63) is 72.3 Å². The summed E-state index contributed by atoms with van der Waals surface area (Å²) in [5.41, 5.74) is 4.26. The highest BCUT2D eigenvalue weighted by Gasteiger charge is 2.15. The van der Waals surface area contributed by atoms with Crippen LogP contribution in [-0.4, -0.2) is 10.7 Å².